The Labute approximate surface area is 87.9 Å². The van der Waals surface area contributed by atoms with Gasteiger partial charge in [0.15, 0.2) is 5.17 Å². The Hall–Kier alpha value is -0.750. The van der Waals surface area contributed by atoms with Crippen LogP contribution < -0.4 is 11.5 Å². The van der Waals surface area contributed by atoms with E-state index in [4.69, 9.17) is 16.6 Å². The van der Waals surface area contributed by atoms with Crippen LogP contribution in [0.5, 0.6) is 0 Å². The summed E-state index contributed by atoms with van der Waals surface area (Å²) in [6.45, 7) is 2.41. The van der Waals surface area contributed by atoms with Crippen LogP contribution in [0, 0.1) is 0 Å². The SMILES string of the molecule is CCSC(N)=N[C@H](CCCN)C(=O)O. The first-order chi connectivity index (χ1) is 6.61. The van der Waals surface area contributed by atoms with Crippen molar-refractivity contribution >= 4 is 22.9 Å². The number of amidine groups is 1. The maximum atomic E-state index is 10.7. The van der Waals surface area contributed by atoms with Crippen LogP contribution in [0.4, 0.5) is 0 Å². The summed E-state index contributed by atoms with van der Waals surface area (Å²) in [5.41, 5.74) is 10.8. The maximum absolute atomic E-state index is 10.7. The molecule has 0 aromatic heterocycles. The Morgan fingerprint density at radius 2 is 2.29 bits per heavy atom. The molecule has 0 spiro atoms. The number of rotatable bonds is 6. The standard InChI is InChI=1S/C8H17N3O2S/c1-2-14-8(10)11-6(7(12)13)4-3-5-9/h6H,2-5,9H2,1H3,(H2,10,11)(H,12,13)/t6-/m1/s1. The Morgan fingerprint density at radius 3 is 2.71 bits per heavy atom. The number of hydrogen-bond donors (Lipinski definition) is 3. The van der Waals surface area contributed by atoms with Gasteiger partial charge in [-0.3, -0.25) is 0 Å². The van der Waals surface area contributed by atoms with Crippen LogP contribution in [0.3, 0.4) is 0 Å². The van der Waals surface area contributed by atoms with Crippen molar-refractivity contribution in [2.45, 2.75) is 25.8 Å². The molecule has 0 aliphatic carbocycles. The van der Waals surface area contributed by atoms with Gasteiger partial charge >= 0.3 is 5.97 Å². The normalized spacial score (nSPS) is 14.0. The molecule has 0 heterocycles. The lowest BCUT2D eigenvalue weighted by atomic mass is 10.2. The lowest BCUT2D eigenvalue weighted by molar-refractivity contribution is -0.138. The van der Waals surface area contributed by atoms with Gasteiger partial charge in [-0.2, -0.15) is 0 Å². The van der Waals surface area contributed by atoms with Crippen molar-refractivity contribution in [3.8, 4) is 0 Å². The van der Waals surface area contributed by atoms with Crippen LogP contribution in [0.2, 0.25) is 0 Å². The van der Waals surface area contributed by atoms with E-state index >= 15 is 0 Å². The van der Waals surface area contributed by atoms with Crippen molar-refractivity contribution in [3.05, 3.63) is 0 Å². The van der Waals surface area contributed by atoms with Gasteiger partial charge in [-0.05, 0) is 25.1 Å². The zero-order valence-electron chi connectivity index (χ0n) is 8.27. The van der Waals surface area contributed by atoms with E-state index in [1.54, 1.807) is 0 Å². The van der Waals surface area contributed by atoms with E-state index in [2.05, 4.69) is 4.99 Å². The molecule has 1 atom stereocenters. The molecule has 5 nitrogen and oxygen atoms in total. The predicted molar refractivity (Wildman–Crippen MR) is 59.5 cm³/mol. The van der Waals surface area contributed by atoms with E-state index in [1.807, 2.05) is 6.92 Å². The summed E-state index contributed by atoms with van der Waals surface area (Å²) in [6, 6.07) is -0.752. The van der Waals surface area contributed by atoms with Crippen molar-refractivity contribution in [3.63, 3.8) is 0 Å². The number of thioether (sulfide) groups is 1. The van der Waals surface area contributed by atoms with Crippen LogP contribution in [-0.2, 0) is 4.79 Å². The zero-order valence-corrected chi connectivity index (χ0v) is 9.09. The summed E-state index contributed by atoms with van der Waals surface area (Å²) in [5, 5.41) is 9.13. The number of aliphatic carboxylic acids is 1. The molecule has 0 saturated heterocycles. The van der Waals surface area contributed by atoms with Gasteiger partial charge in [-0.25, -0.2) is 9.79 Å². The molecular formula is C8H17N3O2S. The van der Waals surface area contributed by atoms with Gasteiger partial charge in [-0.1, -0.05) is 18.7 Å². The van der Waals surface area contributed by atoms with E-state index in [-0.39, 0.29) is 0 Å². The number of nitrogens with zero attached hydrogens (tertiary/aromatic N) is 1. The van der Waals surface area contributed by atoms with Gasteiger partial charge in [0.1, 0.15) is 6.04 Å². The van der Waals surface area contributed by atoms with Crippen molar-refractivity contribution in [2.24, 2.45) is 16.5 Å². The minimum Gasteiger partial charge on any atom is -0.480 e. The molecule has 6 heteroatoms. The minimum absolute atomic E-state index is 0.330. The highest BCUT2D eigenvalue weighted by Gasteiger charge is 2.15. The maximum Gasteiger partial charge on any atom is 0.328 e. The zero-order chi connectivity index (χ0) is 11.0. The number of nitrogens with two attached hydrogens (primary N) is 2. The minimum atomic E-state index is -0.946. The number of hydrogen-bond acceptors (Lipinski definition) is 4. The number of carboxylic acid groups (broad SMARTS) is 1. The fraction of sp³-hybridized carbons (Fsp3) is 0.750. The Morgan fingerprint density at radius 1 is 1.64 bits per heavy atom. The average Bonchev–Trinajstić information content (AvgIpc) is 2.12. The second-order valence-corrected chi connectivity index (χ2v) is 3.97. The van der Waals surface area contributed by atoms with E-state index in [0.29, 0.717) is 24.6 Å². The van der Waals surface area contributed by atoms with Crippen molar-refractivity contribution in [1.82, 2.24) is 0 Å². The first kappa shape index (κ1) is 13.2. The van der Waals surface area contributed by atoms with E-state index in [1.165, 1.54) is 11.8 Å². The molecule has 0 fully saturated rings. The Balaban J connectivity index is 4.20. The highest BCUT2D eigenvalue weighted by Crippen LogP contribution is 2.06. The highest BCUT2D eigenvalue weighted by atomic mass is 32.2. The second-order valence-electron chi connectivity index (χ2n) is 2.69. The number of carboxylic acids is 1. The number of aliphatic imine (C=N–C) groups is 1. The Bertz CT molecular complexity index is 209. The molecule has 5 N–H and O–H groups in total. The predicted octanol–water partition coefficient (Wildman–Crippen LogP) is 0.246. The smallest absolute Gasteiger partial charge is 0.328 e. The molecule has 0 aliphatic rings. The summed E-state index contributed by atoms with van der Waals surface area (Å²) in [4.78, 5) is 14.6. The van der Waals surface area contributed by atoms with Gasteiger partial charge in [0.25, 0.3) is 0 Å². The summed E-state index contributed by atoms with van der Waals surface area (Å²) in [6.07, 6.45) is 1.08. The topological polar surface area (TPSA) is 102 Å². The molecule has 14 heavy (non-hydrogen) atoms. The van der Waals surface area contributed by atoms with Gasteiger partial charge in [-0.15, -0.1) is 0 Å². The molecule has 82 valence electrons. The lowest BCUT2D eigenvalue weighted by Gasteiger charge is -2.07. The molecule has 0 amide bonds. The molecule has 0 saturated carbocycles. The monoisotopic (exact) mass is 219 g/mol. The summed E-state index contributed by atoms with van der Waals surface area (Å²) in [7, 11) is 0. The fourth-order valence-corrected chi connectivity index (χ4v) is 1.39. The molecule has 0 radical (unpaired) electrons. The van der Waals surface area contributed by atoms with Crippen molar-refractivity contribution in [1.29, 1.82) is 0 Å². The summed E-state index contributed by atoms with van der Waals surface area (Å²) >= 11 is 1.34. The molecule has 0 bridgehead atoms. The molecule has 0 aliphatic heterocycles. The summed E-state index contributed by atoms with van der Waals surface area (Å²) in [5.74, 6) is -0.156. The molecule has 0 unspecified atom stereocenters. The highest BCUT2D eigenvalue weighted by molar-refractivity contribution is 8.13. The lowest BCUT2D eigenvalue weighted by Crippen LogP contribution is -2.23. The molecule has 0 aromatic carbocycles. The van der Waals surface area contributed by atoms with Crippen LogP contribution in [0.25, 0.3) is 0 Å². The summed E-state index contributed by atoms with van der Waals surface area (Å²) < 4.78 is 0. The van der Waals surface area contributed by atoms with Gasteiger partial charge in [0.05, 0.1) is 0 Å². The third kappa shape index (κ3) is 5.82. The third-order valence-electron chi connectivity index (χ3n) is 1.54. The van der Waals surface area contributed by atoms with Crippen LogP contribution in [0.15, 0.2) is 4.99 Å². The first-order valence-corrected chi connectivity index (χ1v) is 5.49. The van der Waals surface area contributed by atoms with Crippen molar-refractivity contribution < 1.29 is 9.90 Å². The largest absolute Gasteiger partial charge is 0.480 e. The van der Waals surface area contributed by atoms with Gasteiger partial charge in [0, 0.05) is 0 Å². The molecule has 0 rings (SSSR count). The third-order valence-corrected chi connectivity index (χ3v) is 2.23. The average molecular weight is 219 g/mol. The van der Waals surface area contributed by atoms with Crippen LogP contribution in [-0.4, -0.2) is 34.6 Å². The Kier molecular flexibility index (Phi) is 7.23. The van der Waals surface area contributed by atoms with E-state index in [0.717, 1.165) is 5.75 Å². The fourth-order valence-electron chi connectivity index (χ4n) is 0.893. The van der Waals surface area contributed by atoms with E-state index < -0.39 is 12.0 Å². The molecule has 0 aromatic rings. The quantitative estimate of drug-likeness (QED) is 0.439. The second kappa shape index (κ2) is 7.64. The van der Waals surface area contributed by atoms with Crippen LogP contribution >= 0.6 is 11.8 Å². The van der Waals surface area contributed by atoms with E-state index in [9.17, 15) is 4.79 Å². The number of carbonyl (C=O) groups is 1. The first-order valence-electron chi connectivity index (χ1n) is 4.50. The van der Waals surface area contributed by atoms with Crippen molar-refractivity contribution in [2.75, 3.05) is 12.3 Å². The van der Waals surface area contributed by atoms with Gasteiger partial charge < -0.3 is 16.6 Å². The van der Waals surface area contributed by atoms with Crippen LogP contribution in [0.1, 0.15) is 19.8 Å². The molecular weight excluding hydrogens is 202 g/mol. The van der Waals surface area contributed by atoms with Gasteiger partial charge in [0.2, 0.25) is 0 Å².